The van der Waals surface area contributed by atoms with Crippen LogP contribution in [-0.4, -0.2) is 27.6 Å². The van der Waals surface area contributed by atoms with Gasteiger partial charge in [0.15, 0.2) is 0 Å². The molecule has 0 fully saturated rings. The largest absolute Gasteiger partial charge is 0.489 e. The van der Waals surface area contributed by atoms with E-state index < -0.39 is 0 Å². The maximum absolute atomic E-state index is 13.2. The molecule has 2 aromatic heterocycles. The van der Waals surface area contributed by atoms with Crippen molar-refractivity contribution in [1.29, 1.82) is 0 Å². The number of thiophene rings is 1. The van der Waals surface area contributed by atoms with Crippen LogP contribution in [0.4, 0.5) is 4.39 Å². The van der Waals surface area contributed by atoms with Crippen LogP contribution in [0.1, 0.15) is 27.9 Å². The van der Waals surface area contributed by atoms with Crippen molar-refractivity contribution < 1.29 is 13.9 Å². The lowest BCUT2D eigenvalue weighted by Crippen LogP contribution is -2.27. The summed E-state index contributed by atoms with van der Waals surface area (Å²) in [6.45, 7) is 3.49. The highest BCUT2D eigenvalue weighted by Gasteiger charge is 2.18. The molecule has 0 unspecified atom stereocenters. The van der Waals surface area contributed by atoms with Gasteiger partial charge in [-0.1, -0.05) is 6.07 Å². The zero-order valence-corrected chi connectivity index (χ0v) is 17.4. The standard InChI is InChI=1S/C19H19BrFN3O2S/c1-3-24-17(16(20)9-22-24)10-23(2)19(25)18-7-13(12-27-18)11-26-15-6-4-5-14(21)8-15/h4-9,12H,3,10-11H2,1-2H3. The molecule has 0 spiro atoms. The maximum Gasteiger partial charge on any atom is 0.264 e. The summed E-state index contributed by atoms with van der Waals surface area (Å²) in [5, 5.41) is 6.16. The Bertz CT molecular complexity index is 941. The minimum atomic E-state index is -0.340. The summed E-state index contributed by atoms with van der Waals surface area (Å²) in [6, 6.07) is 7.81. The number of carbonyl (C=O) groups is 1. The van der Waals surface area contributed by atoms with Crippen LogP contribution < -0.4 is 4.74 Å². The van der Waals surface area contributed by atoms with Gasteiger partial charge in [0.1, 0.15) is 18.2 Å². The predicted octanol–water partition coefficient (Wildman–Crippen LogP) is 4.72. The molecule has 0 N–H and O–H groups in total. The fourth-order valence-electron chi connectivity index (χ4n) is 2.59. The molecule has 0 aliphatic carbocycles. The summed E-state index contributed by atoms with van der Waals surface area (Å²) in [5.41, 5.74) is 1.83. The normalized spacial score (nSPS) is 10.8. The van der Waals surface area contributed by atoms with Gasteiger partial charge in [-0.3, -0.25) is 9.48 Å². The van der Waals surface area contributed by atoms with Crippen molar-refractivity contribution in [2.75, 3.05) is 7.05 Å². The summed E-state index contributed by atoms with van der Waals surface area (Å²) >= 11 is 4.85. The molecule has 2 heterocycles. The van der Waals surface area contributed by atoms with Crippen LogP contribution >= 0.6 is 27.3 Å². The van der Waals surface area contributed by atoms with Gasteiger partial charge < -0.3 is 9.64 Å². The Morgan fingerprint density at radius 1 is 1.41 bits per heavy atom. The second-order valence-electron chi connectivity index (χ2n) is 5.98. The number of aromatic nitrogens is 2. The van der Waals surface area contributed by atoms with E-state index in [1.807, 2.05) is 23.1 Å². The van der Waals surface area contributed by atoms with Crippen LogP contribution in [0, 0.1) is 5.82 Å². The Labute approximate surface area is 169 Å². The summed E-state index contributed by atoms with van der Waals surface area (Å²) in [7, 11) is 1.77. The SMILES string of the molecule is CCn1ncc(Br)c1CN(C)C(=O)c1cc(COc2cccc(F)c2)cs1. The molecule has 0 aliphatic rings. The third kappa shape index (κ3) is 4.75. The smallest absolute Gasteiger partial charge is 0.264 e. The van der Waals surface area contributed by atoms with E-state index in [-0.39, 0.29) is 18.3 Å². The van der Waals surface area contributed by atoms with Crippen LogP contribution in [0.25, 0.3) is 0 Å². The number of hydrogen-bond acceptors (Lipinski definition) is 4. The number of benzene rings is 1. The number of nitrogens with zero attached hydrogens (tertiary/aromatic N) is 3. The molecular formula is C19H19BrFN3O2S. The van der Waals surface area contributed by atoms with E-state index in [0.717, 1.165) is 22.3 Å². The molecule has 8 heteroatoms. The monoisotopic (exact) mass is 451 g/mol. The van der Waals surface area contributed by atoms with Crippen molar-refractivity contribution in [3.63, 3.8) is 0 Å². The minimum absolute atomic E-state index is 0.0623. The molecule has 5 nitrogen and oxygen atoms in total. The first-order valence-corrected chi connectivity index (χ1v) is 10.1. The summed E-state index contributed by atoms with van der Waals surface area (Å²) in [6.07, 6.45) is 1.74. The van der Waals surface area contributed by atoms with E-state index >= 15 is 0 Å². The van der Waals surface area contributed by atoms with Crippen molar-refractivity contribution in [3.05, 3.63) is 68.3 Å². The zero-order valence-electron chi connectivity index (χ0n) is 15.0. The van der Waals surface area contributed by atoms with Crippen molar-refractivity contribution in [1.82, 2.24) is 14.7 Å². The second-order valence-corrected chi connectivity index (χ2v) is 7.75. The van der Waals surface area contributed by atoms with Gasteiger partial charge >= 0.3 is 0 Å². The molecule has 0 aliphatic heterocycles. The Hall–Kier alpha value is -2.19. The molecule has 0 saturated carbocycles. The number of ether oxygens (including phenoxy) is 1. The number of carbonyl (C=O) groups excluding carboxylic acids is 1. The Kier molecular flexibility index (Phi) is 6.28. The fourth-order valence-corrected chi connectivity index (χ4v) is 3.90. The van der Waals surface area contributed by atoms with Crippen LogP contribution in [0.3, 0.4) is 0 Å². The van der Waals surface area contributed by atoms with Crippen LogP contribution in [-0.2, 0) is 19.7 Å². The van der Waals surface area contributed by atoms with E-state index in [4.69, 9.17) is 4.74 Å². The molecule has 3 rings (SSSR count). The van der Waals surface area contributed by atoms with Gasteiger partial charge in [-0.25, -0.2) is 4.39 Å². The molecule has 1 amide bonds. The van der Waals surface area contributed by atoms with E-state index in [9.17, 15) is 9.18 Å². The first-order chi connectivity index (χ1) is 13.0. The van der Waals surface area contributed by atoms with Crippen molar-refractivity contribution >= 4 is 33.2 Å². The lowest BCUT2D eigenvalue weighted by molar-refractivity contribution is 0.0786. The lowest BCUT2D eigenvalue weighted by atomic mass is 10.3. The molecule has 3 aromatic rings. The van der Waals surface area contributed by atoms with Gasteiger partial charge in [-0.15, -0.1) is 11.3 Å². The topological polar surface area (TPSA) is 47.4 Å². The molecule has 0 atom stereocenters. The van der Waals surface area contributed by atoms with Gasteiger partial charge in [-0.05, 0) is 46.4 Å². The first kappa shape index (κ1) is 19.6. The van der Waals surface area contributed by atoms with Gasteiger partial charge in [0.2, 0.25) is 0 Å². The highest BCUT2D eigenvalue weighted by molar-refractivity contribution is 9.10. The molecule has 0 saturated heterocycles. The second kappa shape index (κ2) is 8.67. The van der Waals surface area contributed by atoms with Gasteiger partial charge in [0.05, 0.1) is 27.8 Å². The quantitative estimate of drug-likeness (QED) is 0.522. The lowest BCUT2D eigenvalue weighted by Gasteiger charge is -2.17. The number of amides is 1. The van der Waals surface area contributed by atoms with E-state index in [0.29, 0.717) is 17.2 Å². The van der Waals surface area contributed by atoms with Crippen LogP contribution in [0.5, 0.6) is 5.75 Å². The highest BCUT2D eigenvalue weighted by Crippen LogP contribution is 2.22. The Morgan fingerprint density at radius 2 is 2.22 bits per heavy atom. The van der Waals surface area contributed by atoms with Crippen molar-refractivity contribution in [2.45, 2.75) is 26.6 Å². The van der Waals surface area contributed by atoms with E-state index in [1.54, 1.807) is 30.3 Å². The predicted molar refractivity (Wildman–Crippen MR) is 106 cm³/mol. The molecule has 27 heavy (non-hydrogen) atoms. The summed E-state index contributed by atoms with van der Waals surface area (Å²) in [5.74, 6) is 0.0597. The third-order valence-corrected chi connectivity index (χ3v) is 5.63. The highest BCUT2D eigenvalue weighted by atomic mass is 79.9. The van der Waals surface area contributed by atoms with Crippen molar-refractivity contribution in [3.8, 4) is 5.75 Å². The molecular weight excluding hydrogens is 433 g/mol. The van der Waals surface area contributed by atoms with Gasteiger partial charge in [0.25, 0.3) is 5.91 Å². The molecule has 0 bridgehead atoms. The van der Waals surface area contributed by atoms with E-state index in [2.05, 4.69) is 21.0 Å². The summed E-state index contributed by atoms with van der Waals surface area (Å²) in [4.78, 5) is 15.0. The fraction of sp³-hybridized carbons (Fsp3) is 0.263. The average Bonchev–Trinajstić information content (AvgIpc) is 3.27. The van der Waals surface area contributed by atoms with Gasteiger partial charge in [-0.2, -0.15) is 5.10 Å². The summed E-state index contributed by atoms with van der Waals surface area (Å²) < 4.78 is 21.5. The number of aryl methyl sites for hydroxylation is 1. The molecule has 0 radical (unpaired) electrons. The Balaban J connectivity index is 1.63. The maximum atomic E-state index is 13.2. The first-order valence-electron chi connectivity index (χ1n) is 8.39. The van der Waals surface area contributed by atoms with Gasteiger partial charge in [0, 0.05) is 25.2 Å². The Morgan fingerprint density at radius 3 is 2.96 bits per heavy atom. The minimum Gasteiger partial charge on any atom is -0.489 e. The van der Waals surface area contributed by atoms with E-state index in [1.165, 1.54) is 23.5 Å². The number of hydrogen-bond donors (Lipinski definition) is 0. The van der Waals surface area contributed by atoms with Crippen molar-refractivity contribution in [2.24, 2.45) is 0 Å². The van der Waals surface area contributed by atoms with Crippen LogP contribution in [0.15, 0.2) is 46.4 Å². The molecule has 1 aromatic carbocycles. The number of halogens is 2. The van der Waals surface area contributed by atoms with Crippen LogP contribution in [0.2, 0.25) is 0 Å². The third-order valence-electron chi connectivity index (χ3n) is 4.00. The molecule has 142 valence electrons. The zero-order chi connectivity index (χ0) is 19.4. The number of rotatable bonds is 7. The average molecular weight is 452 g/mol.